The van der Waals surface area contributed by atoms with Crippen molar-refractivity contribution in [3.05, 3.63) is 60.1 Å². The standard InChI is InChI=1S/C23H25BrIN3O3/c1-6-30-20-10-15(9-18(25)21(20)31-13-23(3,4)5)12-26-28-14(2)27-19-8-7-16(24)11-17(19)22(28)29/h7-12H,6,13H2,1-5H3. The molecular formula is C23H25BrIN3O3. The van der Waals surface area contributed by atoms with Crippen LogP contribution in [-0.2, 0) is 0 Å². The predicted molar refractivity (Wildman–Crippen MR) is 137 cm³/mol. The summed E-state index contributed by atoms with van der Waals surface area (Å²) in [7, 11) is 0. The zero-order valence-corrected chi connectivity index (χ0v) is 21.9. The molecule has 0 aliphatic rings. The van der Waals surface area contributed by atoms with Crippen molar-refractivity contribution in [2.45, 2.75) is 34.6 Å². The molecule has 0 fully saturated rings. The molecule has 0 aliphatic carbocycles. The van der Waals surface area contributed by atoms with Crippen LogP contribution in [0.2, 0.25) is 0 Å². The Morgan fingerprint density at radius 2 is 1.97 bits per heavy atom. The summed E-state index contributed by atoms with van der Waals surface area (Å²) in [6.45, 7) is 11.2. The van der Waals surface area contributed by atoms with Crippen molar-refractivity contribution in [2.24, 2.45) is 10.5 Å². The third-order valence-corrected chi connectivity index (χ3v) is 5.57. The molecule has 0 atom stereocenters. The topological polar surface area (TPSA) is 65.7 Å². The largest absolute Gasteiger partial charge is 0.490 e. The number of hydrogen-bond acceptors (Lipinski definition) is 5. The third kappa shape index (κ3) is 5.85. The average Bonchev–Trinajstić information content (AvgIpc) is 2.67. The molecule has 31 heavy (non-hydrogen) atoms. The Morgan fingerprint density at radius 1 is 1.23 bits per heavy atom. The van der Waals surface area contributed by atoms with Crippen LogP contribution in [0, 0.1) is 15.9 Å². The first-order chi connectivity index (χ1) is 14.6. The highest BCUT2D eigenvalue weighted by Crippen LogP contribution is 2.35. The fraction of sp³-hybridized carbons (Fsp3) is 0.348. The summed E-state index contributed by atoms with van der Waals surface area (Å²) >= 11 is 5.64. The Balaban J connectivity index is 2.00. The van der Waals surface area contributed by atoms with Gasteiger partial charge in [0.2, 0.25) is 0 Å². The van der Waals surface area contributed by atoms with E-state index in [0.717, 1.165) is 19.4 Å². The molecule has 0 amide bonds. The lowest BCUT2D eigenvalue weighted by Crippen LogP contribution is -2.20. The second-order valence-electron chi connectivity index (χ2n) is 8.29. The summed E-state index contributed by atoms with van der Waals surface area (Å²) in [6, 6.07) is 9.26. The monoisotopic (exact) mass is 597 g/mol. The summed E-state index contributed by atoms with van der Waals surface area (Å²) in [5, 5.41) is 4.92. The fourth-order valence-electron chi connectivity index (χ4n) is 2.87. The molecule has 0 saturated heterocycles. The zero-order chi connectivity index (χ0) is 22.8. The average molecular weight is 598 g/mol. The van der Waals surface area contributed by atoms with Crippen LogP contribution in [0.25, 0.3) is 10.9 Å². The van der Waals surface area contributed by atoms with Crippen molar-refractivity contribution < 1.29 is 9.47 Å². The molecule has 6 nitrogen and oxygen atoms in total. The number of aryl methyl sites for hydroxylation is 1. The highest BCUT2D eigenvalue weighted by molar-refractivity contribution is 14.1. The van der Waals surface area contributed by atoms with Crippen LogP contribution in [0.5, 0.6) is 11.5 Å². The van der Waals surface area contributed by atoms with Crippen molar-refractivity contribution in [1.29, 1.82) is 0 Å². The smallest absolute Gasteiger partial charge is 0.282 e. The van der Waals surface area contributed by atoms with Gasteiger partial charge in [-0.25, -0.2) is 4.98 Å². The fourth-order valence-corrected chi connectivity index (χ4v) is 4.02. The maximum absolute atomic E-state index is 12.9. The number of halogens is 2. The molecule has 164 valence electrons. The quantitative estimate of drug-likeness (QED) is 0.267. The normalized spacial score (nSPS) is 12.0. The van der Waals surface area contributed by atoms with E-state index >= 15 is 0 Å². The summed E-state index contributed by atoms with van der Waals surface area (Å²) in [4.78, 5) is 17.4. The van der Waals surface area contributed by atoms with E-state index in [1.54, 1.807) is 19.2 Å². The van der Waals surface area contributed by atoms with Gasteiger partial charge in [0.25, 0.3) is 5.56 Å². The van der Waals surface area contributed by atoms with Crippen LogP contribution in [0.3, 0.4) is 0 Å². The Morgan fingerprint density at radius 3 is 2.65 bits per heavy atom. The second-order valence-corrected chi connectivity index (χ2v) is 10.4. The van der Waals surface area contributed by atoms with E-state index in [9.17, 15) is 4.79 Å². The Kier molecular flexibility index (Phi) is 7.41. The van der Waals surface area contributed by atoms with Gasteiger partial charge >= 0.3 is 0 Å². The highest BCUT2D eigenvalue weighted by Gasteiger charge is 2.17. The van der Waals surface area contributed by atoms with E-state index in [-0.39, 0.29) is 11.0 Å². The van der Waals surface area contributed by atoms with Gasteiger partial charge in [0.05, 0.1) is 33.9 Å². The summed E-state index contributed by atoms with van der Waals surface area (Å²) < 4.78 is 14.9. The lowest BCUT2D eigenvalue weighted by atomic mass is 9.99. The van der Waals surface area contributed by atoms with Crippen LogP contribution in [0.15, 0.2) is 44.7 Å². The van der Waals surface area contributed by atoms with Crippen molar-refractivity contribution >= 4 is 55.6 Å². The first-order valence-corrected chi connectivity index (χ1v) is 11.8. The van der Waals surface area contributed by atoms with E-state index in [0.29, 0.717) is 35.7 Å². The van der Waals surface area contributed by atoms with Gasteiger partial charge in [-0.15, -0.1) is 0 Å². The van der Waals surface area contributed by atoms with Gasteiger partial charge in [-0.1, -0.05) is 36.7 Å². The molecule has 0 N–H and O–H groups in total. The van der Waals surface area contributed by atoms with Gasteiger partial charge in [-0.2, -0.15) is 9.78 Å². The molecule has 1 aromatic heterocycles. The molecule has 0 radical (unpaired) electrons. The minimum atomic E-state index is -0.218. The van der Waals surface area contributed by atoms with E-state index in [2.05, 4.69) is 69.4 Å². The number of fused-ring (bicyclic) bond motifs is 1. The van der Waals surface area contributed by atoms with E-state index < -0.39 is 0 Å². The van der Waals surface area contributed by atoms with Gasteiger partial charge in [-0.05, 0) is 77.7 Å². The van der Waals surface area contributed by atoms with Crippen LogP contribution >= 0.6 is 38.5 Å². The van der Waals surface area contributed by atoms with Crippen LogP contribution in [0.1, 0.15) is 39.1 Å². The van der Waals surface area contributed by atoms with Crippen molar-refractivity contribution in [2.75, 3.05) is 13.2 Å². The van der Waals surface area contributed by atoms with Crippen molar-refractivity contribution in [3.8, 4) is 11.5 Å². The van der Waals surface area contributed by atoms with Gasteiger partial charge in [0.1, 0.15) is 5.82 Å². The summed E-state index contributed by atoms with van der Waals surface area (Å²) in [5.41, 5.74) is 1.26. The molecule has 0 unspecified atom stereocenters. The molecule has 8 heteroatoms. The van der Waals surface area contributed by atoms with E-state index in [1.807, 2.05) is 31.2 Å². The first kappa shape index (κ1) is 23.7. The Labute approximate surface area is 203 Å². The minimum Gasteiger partial charge on any atom is -0.490 e. The molecule has 2 aromatic carbocycles. The van der Waals surface area contributed by atoms with E-state index in [1.165, 1.54) is 4.68 Å². The molecule has 1 heterocycles. The Bertz CT molecular complexity index is 1200. The molecule has 3 rings (SSSR count). The minimum absolute atomic E-state index is 0.0312. The zero-order valence-electron chi connectivity index (χ0n) is 18.2. The number of aromatic nitrogens is 2. The van der Waals surface area contributed by atoms with Gasteiger partial charge < -0.3 is 9.47 Å². The number of rotatable bonds is 6. The predicted octanol–water partition coefficient (Wildman–Crippen LogP) is 5.78. The number of benzene rings is 2. The van der Waals surface area contributed by atoms with E-state index in [4.69, 9.17) is 9.47 Å². The lowest BCUT2D eigenvalue weighted by molar-refractivity contribution is 0.187. The van der Waals surface area contributed by atoms with Gasteiger partial charge in [0.15, 0.2) is 11.5 Å². The van der Waals surface area contributed by atoms with Gasteiger partial charge in [0, 0.05) is 4.47 Å². The van der Waals surface area contributed by atoms with Crippen LogP contribution in [-0.4, -0.2) is 29.1 Å². The second kappa shape index (κ2) is 9.68. The molecule has 3 aromatic rings. The summed E-state index contributed by atoms with van der Waals surface area (Å²) in [5.74, 6) is 1.89. The number of ether oxygens (including phenoxy) is 2. The molecule has 0 saturated carbocycles. The van der Waals surface area contributed by atoms with Crippen LogP contribution in [0.4, 0.5) is 0 Å². The molecule has 0 bridgehead atoms. The number of nitrogens with zero attached hydrogens (tertiary/aromatic N) is 3. The lowest BCUT2D eigenvalue weighted by Gasteiger charge is -2.21. The maximum Gasteiger partial charge on any atom is 0.282 e. The first-order valence-electron chi connectivity index (χ1n) is 9.91. The number of hydrogen-bond donors (Lipinski definition) is 0. The van der Waals surface area contributed by atoms with Crippen molar-refractivity contribution in [1.82, 2.24) is 9.66 Å². The van der Waals surface area contributed by atoms with Gasteiger partial charge in [-0.3, -0.25) is 4.79 Å². The molecular weight excluding hydrogens is 573 g/mol. The third-order valence-electron chi connectivity index (χ3n) is 4.27. The SMILES string of the molecule is CCOc1cc(C=Nn2c(C)nc3ccc(Br)cc3c2=O)cc(I)c1OCC(C)(C)C. The Hall–Kier alpha value is -1.94. The highest BCUT2D eigenvalue weighted by atomic mass is 127. The maximum atomic E-state index is 12.9. The van der Waals surface area contributed by atoms with Crippen molar-refractivity contribution in [3.63, 3.8) is 0 Å². The molecule has 0 aliphatic heterocycles. The molecule has 0 spiro atoms. The summed E-state index contributed by atoms with van der Waals surface area (Å²) in [6.07, 6.45) is 1.64. The van der Waals surface area contributed by atoms with Crippen LogP contribution < -0.4 is 15.0 Å².